The fourth-order valence-corrected chi connectivity index (χ4v) is 1.91. The molecule has 0 amide bonds. The lowest BCUT2D eigenvalue weighted by atomic mass is 10.2. The van der Waals surface area contributed by atoms with Crippen molar-refractivity contribution in [3.63, 3.8) is 0 Å². The minimum Gasteiger partial charge on any atom is -0.391 e. The summed E-state index contributed by atoms with van der Waals surface area (Å²) in [5, 5.41) is 8.89. The van der Waals surface area contributed by atoms with Gasteiger partial charge in [-0.15, -0.1) is 3.89 Å². The molecule has 1 heterocycles. The van der Waals surface area contributed by atoms with E-state index in [4.69, 9.17) is 14.6 Å². The maximum absolute atomic E-state index is 12.1. The molecule has 0 aliphatic carbocycles. The third-order valence-corrected chi connectivity index (χ3v) is 2.97. The van der Waals surface area contributed by atoms with E-state index in [2.05, 4.69) is 0 Å². The number of hydrogen-bond acceptors (Lipinski definition) is 5. The van der Waals surface area contributed by atoms with E-state index in [-0.39, 0.29) is 19.1 Å². The molecule has 0 radical (unpaired) electrons. The van der Waals surface area contributed by atoms with Crippen molar-refractivity contribution in [3.8, 4) is 0 Å². The first-order chi connectivity index (χ1) is 6.85. The predicted molar refractivity (Wildman–Crippen MR) is 50.4 cm³/mol. The molecule has 0 bridgehead atoms. The zero-order chi connectivity index (χ0) is 11.5. The Labute approximate surface area is 88.4 Å². The van der Waals surface area contributed by atoms with Crippen LogP contribution in [-0.4, -0.2) is 44.4 Å². The van der Waals surface area contributed by atoms with Crippen LogP contribution < -0.4 is 0 Å². The Hall–Kier alpha value is -0.240. The molecule has 1 aliphatic heterocycles. The second-order valence-corrected chi connectivity index (χ2v) is 5.21. The van der Waals surface area contributed by atoms with Crippen LogP contribution in [0.1, 0.15) is 19.8 Å². The highest BCUT2D eigenvalue weighted by Gasteiger charge is 2.36. The van der Waals surface area contributed by atoms with E-state index >= 15 is 0 Å². The van der Waals surface area contributed by atoms with Crippen LogP contribution in [0.5, 0.6) is 0 Å². The molecule has 1 aliphatic rings. The summed E-state index contributed by atoms with van der Waals surface area (Å²) in [5.74, 6) is -1.50. The number of rotatable bonds is 5. The van der Waals surface area contributed by atoms with Crippen LogP contribution in [0.15, 0.2) is 0 Å². The van der Waals surface area contributed by atoms with Gasteiger partial charge in [0, 0.05) is 0 Å². The highest BCUT2D eigenvalue weighted by molar-refractivity contribution is 7.86. The van der Waals surface area contributed by atoms with E-state index in [1.807, 2.05) is 0 Å². The molecule has 2 unspecified atom stereocenters. The van der Waals surface area contributed by atoms with Crippen molar-refractivity contribution in [2.45, 2.75) is 31.7 Å². The van der Waals surface area contributed by atoms with Crippen molar-refractivity contribution < 1.29 is 26.9 Å². The van der Waals surface area contributed by atoms with Gasteiger partial charge < -0.3 is 14.6 Å². The largest absolute Gasteiger partial charge is 0.391 e. The van der Waals surface area contributed by atoms with Crippen molar-refractivity contribution >= 4 is 10.2 Å². The molecular weight excluding hydrogens is 227 g/mol. The number of aliphatic hydroxyl groups excluding tert-OH is 1. The van der Waals surface area contributed by atoms with Crippen molar-refractivity contribution in [3.05, 3.63) is 0 Å². The van der Waals surface area contributed by atoms with Gasteiger partial charge in [0.05, 0.1) is 25.1 Å². The number of hydrogen-bond donors (Lipinski definition) is 1. The quantitative estimate of drug-likeness (QED) is 0.697. The molecule has 7 heteroatoms. The lowest BCUT2D eigenvalue weighted by molar-refractivity contribution is -0.178. The van der Waals surface area contributed by atoms with Crippen LogP contribution >= 0.6 is 0 Å². The summed E-state index contributed by atoms with van der Waals surface area (Å²) in [6.45, 7) is 1.63. The standard InChI is InChI=1S/C8H15FO5S/c1-8(6-10)13-5-7(14-8)3-2-4-15(9,11)12/h7,10H,2-6H2,1H3. The minimum absolute atomic E-state index is 0.189. The second kappa shape index (κ2) is 4.73. The summed E-state index contributed by atoms with van der Waals surface area (Å²) in [7, 11) is -4.40. The maximum atomic E-state index is 12.1. The highest BCUT2D eigenvalue weighted by atomic mass is 32.3. The van der Waals surface area contributed by atoms with Gasteiger partial charge in [-0.25, -0.2) is 0 Å². The van der Waals surface area contributed by atoms with Crippen LogP contribution in [0.4, 0.5) is 3.89 Å². The molecule has 1 saturated heterocycles. The van der Waals surface area contributed by atoms with Gasteiger partial charge in [0.25, 0.3) is 0 Å². The molecular formula is C8H15FO5S. The molecule has 0 aromatic rings. The van der Waals surface area contributed by atoms with E-state index in [0.29, 0.717) is 13.0 Å². The predicted octanol–water partition coefficient (Wildman–Crippen LogP) is 0.190. The SMILES string of the molecule is CC1(CO)OCC(CCCS(=O)(=O)F)O1. The van der Waals surface area contributed by atoms with E-state index < -0.39 is 21.8 Å². The maximum Gasteiger partial charge on any atom is 0.302 e. The molecule has 0 aromatic carbocycles. The van der Waals surface area contributed by atoms with Crippen LogP contribution in [-0.2, 0) is 19.7 Å². The van der Waals surface area contributed by atoms with Crippen LogP contribution in [0.2, 0.25) is 0 Å². The van der Waals surface area contributed by atoms with Gasteiger partial charge in [0.2, 0.25) is 0 Å². The van der Waals surface area contributed by atoms with Crippen molar-refractivity contribution in [2.75, 3.05) is 19.0 Å². The van der Waals surface area contributed by atoms with Gasteiger partial charge in [-0.3, -0.25) is 0 Å². The van der Waals surface area contributed by atoms with Gasteiger partial charge in [0.15, 0.2) is 5.79 Å². The van der Waals surface area contributed by atoms with Crippen LogP contribution in [0.25, 0.3) is 0 Å². The summed E-state index contributed by atoms with van der Waals surface area (Å²) >= 11 is 0. The topological polar surface area (TPSA) is 72.8 Å². The van der Waals surface area contributed by atoms with E-state index in [9.17, 15) is 12.3 Å². The van der Waals surface area contributed by atoms with Crippen molar-refractivity contribution in [1.82, 2.24) is 0 Å². The molecule has 0 aromatic heterocycles. The first kappa shape index (κ1) is 12.8. The van der Waals surface area contributed by atoms with Gasteiger partial charge >= 0.3 is 10.2 Å². The Balaban J connectivity index is 2.26. The molecule has 5 nitrogen and oxygen atoms in total. The van der Waals surface area contributed by atoms with Crippen LogP contribution in [0, 0.1) is 0 Å². The van der Waals surface area contributed by atoms with Gasteiger partial charge in [-0.2, -0.15) is 8.42 Å². The molecule has 1 fully saturated rings. The molecule has 15 heavy (non-hydrogen) atoms. The molecule has 0 saturated carbocycles. The molecule has 1 N–H and O–H groups in total. The monoisotopic (exact) mass is 242 g/mol. The Morgan fingerprint density at radius 2 is 2.27 bits per heavy atom. The van der Waals surface area contributed by atoms with Gasteiger partial charge in [-0.1, -0.05) is 0 Å². The summed E-state index contributed by atoms with van der Waals surface area (Å²) in [6.07, 6.45) is 0.316. The zero-order valence-electron chi connectivity index (χ0n) is 8.48. The Morgan fingerprint density at radius 1 is 1.60 bits per heavy atom. The van der Waals surface area contributed by atoms with E-state index in [1.165, 1.54) is 0 Å². The third-order valence-electron chi connectivity index (χ3n) is 2.19. The van der Waals surface area contributed by atoms with E-state index in [1.54, 1.807) is 6.92 Å². The third kappa shape index (κ3) is 4.42. The Bertz CT molecular complexity index is 304. The fourth-order valence-electron chi connectivity index (χ4n) is 1.40. The summed E-state index contributed by atoms with van der Waals surface area (Å²) in [6, 6.07) is 0. The average Bonchev–Trinajstić information content (AvgIpc) is 2.47. The lowest BCUT2D eigenvalue weighted by Gasteiger charge is -2.19. The zero-order valence-corrected chi connectivity index (χ0v) is 9.30. The number of aliphatic hydroxyl groups is 1. The van der Waals surface area contributed by atoms with Gasteiger partial charge in [0.1, 0.15) is 0 Å². The first-order valence-electron chi connectivity index (χ1n) is 4.70. The normalized spacial score (nSPS) is 32.1. The Morgan fingerprint density at radius 3 is 2.73 bits per heavy atom. The second-order valence-electron chi connectivity index (χ2n) is 3.73. The molecule has 2 atom stereocenters. The van der Waals surface area contributed by atoms with Gasteiger partial charge in [-0.05, 0) is 19.8 Å². The summed E-state index contributed by atoms with van der Waals surface area (Å²) < 4.78 is 43.1. The average molecular weight is 242 g/mol. The Kier molecular flexibility index (Phi) is 4.05. The van der Waals surface area contributed by atoms with E-state index in [0.717, 1.165) is 0 Å². The first-order valence-corrected chi connectivity index (χ1v) is 6.25. The highest BCUT2D eigenvalue weighted by Crippen LogP contribution is 2.25. The number of ether oxygens (including phenoxy) is 2. The fraction of sp³-hybridized carbons (Fsp3) is 1.00. The summed E-state index contributed by atoms with van der Waals surface area (Å²) in [5.41, 5.74) is 0. The minimum atomic E-state index is -4.40. The molecule has 0 spiro atoms. The molecule has 90 valence electrons. The van der Waals surface area contributed by atoms with Crippen molar-refractivity contribution in [1.29, 1.82) is 0 Å². The smallest absolute Gasteiger partial charge is 0.302 e. The van der Waals surface area contributed by atoms with Crippen LogP contribution in [0.3, 0.4) is 0 Å². The summed E-state index contributed by atoms with van der Waals surface area (Å²) in [4.78, 5) is 0. The number of halogens is 1. The molecule has 1 rings (SSSR count). The van der Waals surface area contributed by atoms with Crippen molar-refractivity contribution in [2.24, 2.45) is 0 Å². The lowest BCUT2D eigenvalue weighted by Crippen LogP contribution is -2.31.